The molecule has 0 aromatic heterocycles. The molecule has 0 spiro atoms. The molecule has 1 N–H and O–H groups in total. The van der Waals surface area contributed by atoms with Crippen molar-refractivity contribution in [3.8, 4) is 0 Å². The maximum Gasteiger partial charge on any atom is 0.272 e. The summed E-state index contributed by atoms with van der Waals surface area (Å²) in [7, 11) is 0. The van der Waals surface area contributed by atoms with Gasteiger partial charge in [-0.3, -0.25) is 10.1 Å². The highest BCUT2D eigenvalue weighted by Crippen LogP contribution is 2.21. The van der Waals surface area contributed by atoms with Crippen LogP contribution >= 0.6 is 0 Å². The van der Waals surface area contributed by atoms with E-state index in [1.54, 1.807) is 26.0 Å². The number of nitro groups is 1. The number of benzene rings is 1. The SMILES string of the molecule is Cc1cc([C@@H](C)O)ccc1[N+](=O)[O-]. The maximum absolute atomic E-state index is 10.4. The average Bonchev–Trinajstić information content (AvgIpc) is 2.03. The van der Waals surface area contributed by atoms with Gasteiger partial charge in [-0.25, -0.2) is 0 Å². The quantitative estimate of drug-likeness (QED) is 0.560. The zero-order valence-electron chi connectivity index (χ0n) is 7.52. The molecule has 4 nitrogen and oxygen atoms in total. The fourth-order valence-electron chi connectivity index (χ4n) is 1.14. The maximum atomic E-state index is 10.4. The van der Waals surface area contributed by atoms with Gasteiger partial charge in [-0.05, 0) is 31.5 Å². The topological polar surface area (TPSA) is 63.4 Å². The van der Waals surface area contributed by atoms with Gasteiger partial charge >= 0.3 is 0 Å². The van der Waals surface area contributed by atoms with E-state index < -0.39 is 11.0 Å². The Morgan fingerprint density at radius 2 is 2.15 bits per heavy atom. The minimum Gasteiger partial charge on any atom is -0.389 e. The van der Waals surface area contributed by atoms with Crippen molar-refractivity contribution in [2.75, 3.05) is 0 Å². The summed E-state index contributed by atoms with van der Waals surface area (Å²) < 4.78 is 0. The Morgan fingerprint density at radius 1 is 1.54 bits per heavy atom. The monoisotopic (exact) mass is 181 g/mol. The Kier molecular flexibility index (Phi) is 2.63. The van der Waals surface area contributed by atoms with Gasteiger partial charge in [-0.1, -0.05) is 0 Å². The molecule has 0 aliphatic heterocycles. The van der Waals surface area contributed by atoms with Crippen molar-refractivity contribution in [1.29, 1.82) is 0 Å². The Morgan fingerprint density at radius 3 is 2.54 bits per heavy atom. The fourth-order valence-corrected chi connectivity index (χ4v) is 1.14. The second kappa shape index (κ2) is 3.53. The van der Waals surface area contributed by atoms with E-state index in [0.717, 1.165) is 0 Å². The highest BCUT2D eigenvalue weighted by molar-refractivity contribution is 5.42. The van der Waals surface area contributed by atoms with Crippen LogP contribution in [0.3, 0.4) is 0 Å². The third-order valence-corrected chi connectivity index (χ3v) is 1.90. The van der Waals surface area contributed by atoms with E-state index in [4.69, 9.17) is 0 Å². The number of hydrogen-bond acceptors (Lipinski definition) is 3. The van der Waals surface area contributed by atoms with E-state index in [1.165, 1.54) is 6.07 Å². The number of aryl methyl sites for hydroxylation is 1. The number of hydrogen-bond donors (Lipinski definition) is 1. The van der Waals surface area contributed by atoms with Gasteiger partial charge in [-0.15, -0.1) is 0 Å². The first-order chi connectivity index (χ1) is 6.02. The van der Waals surface area contributed by atoms with Gasteiger partial charge in [0.05, 0.1) is 11.0 Å². The van der Waals surface area contributed by atoms with Gasteiger partial charge in [0.2, 0.25) is 0 Å². The molecule has 1 rings (SSSR count). The smallest absolute Gasteiger partial charge is 0.272 e. The summed E-state index contributed by atoms with van der Waals surface area (Å²) in [6.07, 6.45) is -0.584. The summed E-state index contributed by atoms with van der Waals surface area (Å²) >= 11 is 0. The van der Waals surface area contributed by atoms with Gasteiger partial charge in [-0.2, -0.15) is 0 Å². The second-order valence-electron chi connectivity index (χ2n) is 2.98. The standard InChI is InChI=1S/C9H11NO3/c1-6-5-8(7(2)11)3-4-9(6)10(12)13/h3-5,7,11H,1-2H3/t7-/m1/s1. The molecule has 0 amide bonds. The summed E-state index contributed by atoms with van der Waals surface area (Å²) in [5, 5.41) is 19.7. The van der Waals surface area contributed by atoms with Crippen molar-refractivity contribution >= 4 is 5.69 Å². The van der Waals surface area contributed by atoms with Crippen LogP contribution in [0, 0.1) is 17.0 Å². The first kappa shape index (κ1) is 9.67. The van der Waals surface area contributed by atoms with Gasteiger partial charge < -0.3 is 5.11 Å². The van der Waals surface area contributed by atoms with E-state index >= 15 is 0 Å². The highest BCUT2D eigenvalue weighted by Gasteiger charge is 2.11. The van der Waals surface area contributed by atoms with Gasteiger partial charge in [0.15, 0.2) is 0 Å². The Hall–Kier alpha value is -1.42. The number of rotatable bonds is 2. The van der Waals surface area contributed by atoms with Crippen molar-refractivity contribution in [2.45, 2.75) is 20.0 Å². The van der Waals surface area contributed by atoms with E-state index in [9.17, 15) is 15.2 Å². The Labute approximate surface area is 76.0 Å². The summed E-state index contributed by atoms with van der Waals surface area (Å²) in [5.74, 6) is 0. The van der Waals surface area contributed by atoms with Gasteiger partial charge in [0, 0.05) is 11.6 Å². The van der Waals surface area contributed by atoms with Crippen molar-refractivity contribution < 1.29 is 10.0 Å². The van der Waals surface area contributed by atoms with E-state index in [2.05, 4.69) is 0 Å². The molecule has 0 aliphatic rings. The zero-order chi connectivity index (χ0) is 10.0. The molecule has 1 aromatic rings. The lowest BCUT2D eigenvalue weighted by molar-refractivity contribution is -0.385. The normalized spacial score (nSPS) is 12.5. The molecule has 0 bridgehead atoms. The van der Waals surface area contributed by atoms with Crippen LogP contribution in [0.4, 0.5) is 5.69 Å². The first-order valence-electron chi connectivity index (χ1n) is 3.95. The van der Waals surface area contributed by atoms with Crippen LogP contribution in [-0.2, 0) is 0 Å². The van der Waals surface area contributed by atoms with Crippen LogP contribution in [0.25, 0.3) is 0 Å². The minimum atomic E-state index is -0.584. The molecule has 0 heterocycles. The second-order valence-corrected chi connectivity index (χ2v) is 2.98. The van der Waals surface area contributed by atoms with Crippen LogP contribution in [0.1, 0.15) is 24.2 Å². The predicted octanol–water partition coefficient (Wildman–Crippen LogP) is 1.96. The molecule has 0 saturated heterocycles. The molecule has 0 saturated carbocycles. The van der Waals surface area contributed by atoms with Crippen LogP contribution in [0.2, 0.25) is 0 Å². The lowest BCUT2D eigenvalue weighted by Crippen LogP contribution is -1.95. The number of nitrogens with zero attached hydrogens (tertiary/aromatic N) is 1. The van der Waals surface area contributed by atoms with Crippen LogP contribution in [0.5, 0.6) is 0 Å². The first-order valence-corrected chi connectivity index (χ1v) is 3.95. The van der Waals surface area contributed by atoms with Crippen LogP contribution < -0.4 is 0 Å². The molecule has 13 heavy (non-hydrogen) atoms. The lowest BCUT2D eigenvalue weighted by Gasteiger charge is -2.05. The molecular formula is C9H11NO3. The van der Waals surface area contributed by atoms with Gasteiger partial charge in [0.1, 0.15) is 0 Å². The Balaban J connectivity index is 3.13. The lowest BCUT2D eigenvalue weighted by atomic mass is 10.1. The van der Waals surface area contributed by atoms with Crippen LogP contribution in [-0.4, -0.2) is 10.0 Å². The molecular weight excluding hydrogens is 170 g/mol. The molecule has 0 radical (unpaired) electrons. The summed E-state index contributed by atoms with van der Waals surface area (Å²) in [5.41, 5.74) is 1.36. The fraction of sp³-hybridized carbons (Fsp3) is 0.333. The van der Waals surface area contributed by atoms with Crippen molar-refractivity contribution in [3.05, 3.63) is 39.4 Å². The van der Waals surface area contributed by atoms with Crippen molar-refractivity contribution in [2.24, 2.45) is 0 Å². The molecule has 4 heteroatoms. The molecule has 0 fully saturated rings. The highest BCUT2D eigenvalue weighted by atomic mass is 16.6. The Bertz CT molecular complexity index is 334. The van der Waals surface area contributed by atoms with Crippen molar-refractivity contribution in [1.82, 2.24) is 0 Å². The van der Waals surface area contributed by atoms with Crippen molar-refractivity contribution in [3.63, 3.8) is 0 Å². The predicted molar refractivity (Wildman–Crippen MR) is 48.5 cm³/mol. The molecule has 70 valence electrons. The summed E-state index contributed by atoms with van der Waals surface area (Å²) in [4.78, 5) is 10.0. The number of aliphatic hydroxyl groups is 1. The van der Waals surface area contributed by atoms with E-state index in [-0.39, 0.29) is 5.69 Å². The molecule has 0 aliphatic carbocycles. The molecule has 0 unspecified atom stereocenters. The van der Waals surface area contributed by atoms with E-state index in [0.29, 0.717) is 11.1 Å². The molecule has 1 aromatic carbocycles. The minimum absolute atomic E-state index is 0.0874. The largest absolute Gasteiger partial charge is 0.389 e. The third-order valence-electron chi connectivity index (χ3n) is 1.90. The van der Waals surface area contributed by atoms with Gasteiger partial charge in [0.25, 0.3) is 5.69 Å². The third kappa shape index (κ3) is 2.03. The zero-order valence-corrected chi connectivity index (χ0v) is 7.52. The average molecular weight is 181 g/mol. The van der Waals surface area contributed by atoms with Crippen LogP contribution in [0.15, 0.2) is 18.2 Å². The molecule has 1 atom stereocenters. The number of nitro benzene ring substituents is 1. The summed E-state index contributed by atoms with van der Waals surface area (Å²) in [6.45, 7) is 3.28. The summed E-state index contributed by atoms with van der Waals surface area (Å²) in [6, 6.07) is 4.61. The number of aliphatic hydroxyl groups excluding tert-OH is 1. The van der Waals surface area contributed by atoms with E-state index in [1.807, 2.05) is 0 Å².